The van der Waals surface area contributed by atoms with Crippen LogP contribution in [0.25, 0.3) is 0 Å². The number of carbonyl (C=O) groups excluding carboxylic acids is 1. The summed E-state index contributed by atoms with van der Waals surface area (Å²) in [6.07, 6.45) is 0.107. The highest BCUT2D eigenvalue weighted by molar-refractivity contribution is 5.79. The van der Waals surface area contributed by atoms with E-state index in [2.05, 4.69) is 0 Å². The second kappa shape index (κ2) is 7.11. The van der Waals surface area contributed by atoms with Gasteiger partial charge in [0.15, 0.2) is 0 Å². The minimum atomic E-state index is -1.01. The molecule has 0 amide bonds. The molecular formula is C16H22O5. The van der Waals surface area contributed by atoms with Gasteiger partial charge >= 0.3 is 11.9 Å². The SMILES string of the molecule is COc1cccc(C[C@@H](CC(=O)OC(C)(C)C)C(=O)O)c1. The fourth-order valence-corrected chi connectivity index (χ4v) is 1.92. The zero-order chi connectivity index (χ0) is 16.0. The Morgan fingerprint density at radius 1 is 1.29 bits per heavy atom. The molecule has 0 aliphatic rings. The first-order valence-electron chi connectivity index (χ1n) is 6.79. The number of benzene rings is 1. The number of esters is 1. The van der Waals surface area contributed by atoms with Crippen molar-refractivity contribution in [1.29, 1.82) is 0 Å². The van der Waals surface area contributed by atoms with E-state index in [0.29, 0.717) is 5.75 Å². The number of carbonyl (C=O) groups is 2. The van der Waals surface area contributed by atoms with Gasteiger partial charge in [0, 0.05) is 0 Å². The number of methoxy groups -OCH3 is 1. The molecule has 0 fully saturated rings. The number of hydrogen-bond donors (Lipinski definition) is 1. The van der Waals surface area contributed by atoms with Gasteiger partial charge in [0.25, 0.3) is 0 Å². The Kier molecular flexibility index (Phi) is 5.76. The molecule has 0 spiro atoms. The summed E-state index contributed by atoms with van der Waals surface area (Å²) in [5.74, 6) is -1.66. The van der Waals surface area contributed by atoms with Crippen LogP contribution in [0.15, 0.2) is 24.3 Å². The lowest BCUT2D eigenvalue weighted by Crippen LogP contribution is -2.28. The maximum absolute atomic E-state index is 11.8. The van der Waals surface area contributed by atoms with E-state index in [4.69, 9.17) is 9.47 Å². The van der Waals surface area contributed by atoms with E-state index in [-0.39, 0.29) is 12.8 Å². The highest BCUT2D eigenvalue weighted by Crippen LogP contribution is 2.19. The van der Waals surface area contributed by atoms with Gasteiger partial charge in [-0.15, -0.1) is 0 Å². The second-order valence-corrected chi connectivity index (χ2v) is 5.88. The van der Waals surface area contributed by atoms with E-state index in [9.17, 15) is 14.7 Å². The van der Waals surface area contributed by atoms with Gasteiger partial charge in [-0.2, -0.15) is 0 Å². The number of carboxylic acid groups (broad SMARTS) is 1. The lowest BCUT2D eigenvalue weighted by Gasteiger charge is -2.21. The summed E-state index contributed by atoms with van der Waals surface area (Å²) in [4.78, 5) is 23.1. The number of carboxylic acids is 1. The van der Waals surface area contributed by atoms with Crippen molar-refractivity contribution >= 4 is 11.9 Å². The number of rotatable bonds is 6. The van der Waals surface area contributed by atoms with Crippen LogP contribution in [-0.4, -0.2) is 29.8 Å². The van der Waals surface area contributed by atoms with Crippen LogP contribution in [0.2, 0.25) is 0 Å². The lowest BCUT2D eigenvalue weighted by atomic mass is 9.96. The molecule has 1 rings (SSSR count). The molecule has 0 aliphatic heterocycles. The molecule has 0 bridgehead atoms. The number of hydrogen-bond acceptors (Lipinski definition) is 4. The minimum Gasteiger partial charge on any atom is -0.497 e. The highest BCUT2D eigenvalue weighted by Gasteiger charge is 2.25. The highest BCUT2D eigenvalue weighted by atomic mass is 16.6. The predicted molar refractivity (Wildman–Crippen MR) is 78.3 cm³/mol. The van der Waals surface area contributed by atoms with E-state index in [0.717, 1.165) is 5.56 Å². The van der Waals surface area contributed by atoms with Crippen LogP contribution in [-0.2, 0) is 20.7 Å². The van der Waals surface area contributed by atoms with Gasteiger partial charge in [0.05, 0.1) is 19.4 Å². The second-order valence-electron chi connectivity index (χ2n) is 5.88. The summed E-state index contributed by atoms with van der Waals surface area (Å²) < 4.78 is 10.3. The normalized spacial score (nSPS) is 12.6. The maximum Gasteiger partial charge on any atom is 0.307 e. The molecule has 0 radical (unpaired) electrons. The van der Waals surface area contributed by atoms with E-state index < -0.39 is 23.5 Å². The van der Waals surface area contributed by atoms with Crippen LogP contribution >= 0.6 is 0 Å². The molecule has 1 N–H and O–H groups in total. The molecule has 0 saturated carbocycles. The Morgan fingerprint density at radius 2 is 1.95 bits per heavy atom. The van der Waals surface area contributed by atoms with Crippen molar-refractivity contribution in [3.05, 3.63) is 29.8 Å². The third-order valence-corrected chi connectivity index (χ3v) is 2.80. The van der Waals surface area contributed by atoms with Crippen LogP contribution in [0.1, 0.15) is 32.8 Å². The first kappa shape index (κ1) is 17.0. The molecule has 0 unspecified atom stereocenters. The number of aliphatic carboxylic acids is 1. The molecule has 1 aromatic rings. The Labute approximate surface area is 124 Å². The maximum atomic E-state index is 11.8. The molecule has 116 valence electrons. The van der Waals surface area contributed by atoms with Gasteiger partial charge < -0.3 is 14.6 Å². The molecule has 5 heteroatoms. The summed E-state index contributed by atoms with van der Waals surface area (Å²) in [5.41, 5.74) is 0.195. The minimum absolute atomic E-state index is 0.149. The molecule has 0 aromatic heterocycles. The topological polar surface area (TPSA) is 72.8 Å². The lowest BCUT2D eigenvalue weighted by molar-refractivity contribution is -0.159. The van der Waals surface area contributed by atoms with E-state index in [1.165, 1.54) is 0 Å². The molecule has 5 nitrogen and oxygen atoms in total. The van der Waals surface area contributed by atoms with Crippen molar-refractivity contribution in [2.45, 2.75) is 39.2 Å². The van der Waals surface area contributed by atoms with Crippen LogP contribution in [0, 0.1) is 5.92 Å². The van der Waals surface area contributed by atoms with Crippen LogP contribution in [0.3, 0.4) is 0 Å². The van der Waals surface area contributed by atoms with Crippen molar-refractivity contribution in [3.8, 4) is 5.75 Å². The van der Waals surface area contributed by atoms with Crippen molar-refractivity contribution in [2.24, 2.45) is 5.92 Å². The fourth-order valence-electron chi connectivity index (χ4n) is 1.92. The van der Waals surface area contributed by atoms with Crippen molar-refractivity contribution in [2.75, 3.05) is 7.11 Å². The Hall–Kier alpha value is -2.04. The molecule has 21 heavy (non-hydrogen) atoms. The molecule has 1 atom stereocenters. The summed E-state index contributed by atoms with van der Waals surface area (Å²) in [6.45, 7) is 5.26. The monoisotopic (exact) mass is 294 g/mol. The zero-order valence-corrected chi connectivity index (χ0v) is 12.9. The standard InChI is InChI=1S/C16H22O5/c1-16(2,3)21-14(17)10-12(15(18)19)8-11-6-5-7-13(9-11)20-4/h5-7,9,12H,8,10H2,1-4H3,(H,18,19)/t12-/m0/s1. The van der Waals surface area contributed by atoms with E-state index in [1.807, 2.05) is 6.07 Å². The van der Waals surface area contributed by atoms with Gasteiger partial charge in [0.2, 0.25) is 0 Å². The fraction of sp³-hybridized carbons (Fsp3) is 0.500. The Bertz CT molecular complexity index is 502. The van der Waals surface area contributed by atoms with Crippen molar-refractivity contribution in [3.63, 3.8) is 0 Å². The van der Waals surface area contributed by atoms with Gasteiger partial charge in [0.1, 0.15) is 11.4 Å². The van der Waals surface area contributed by atoms with Crippen LogP contribution < -0.4 is 4.74 Å². The first-order chi connectivity index (χ1) is 9.71. The van der Waals surface area contributed by atoms with Gasteiger partial charge in [-0.1, -0.05) is 12.1 Å². The zero-order valence-electron chi connectivity index (χ0n) is 12.9. The molecule has 0 saturated heterocycles. The summed E-state index contributed by atoms with van der Waals surface area (Å²) in [6, 6.07) is 7.16. The largest absolute Gasteiger partial charge is 0.497 e. The Morgan fingerprint density at radius 3 is 2.48 bits per heavy atom. The Balaban J connectivity index is 2.74. The van der Waals surface area contributed by atoms with Crippen LogP contribution in [0.4, 0.5) is 0 Å². The summed E-state index contributed by atoms with van der Waals surface area (Å²) >= 11 is 0. The van der Waals surface area contributed by atoms with E-state index >= 15 is 0 Å². The van der Waals surface area contributed by atoms with E-state index in [1.54, 1.807) is 46.1 Å². The number of ether oxygens (including phenoxy) is 2. The van der Waals surface area contributed by atoms with Crippen molar-refractivity contribution in [1.82, 2.24) is 0 Å². The predicted octanol–water partition coefficient (Wildman–Crippen LogP) is 2.67. The molecule has 1 aromatic carbocycles. The third-order valence-electron chi connectivity index (χ3n) is 2.80. The average molecular weight is 294 g/mol. The first-order valence-corrected chi connectivity index (χ1v) is 6.79. The van der Waals surface area contributed by atoms with Gasteiger partial charge in [-0.25, -0.2) is 0 Å². The quantitative estimate of drug-likeness (QED) is 0.817. The molecular weight excluding hydrogens is 272 g/mol. The molecule has 0 aliphatic carbocycles. The average Bonchev–Trinajstić information content (AvgIpc) is 2.36. The van der Waals surface area contributed by atoms with Gasteiger partial charge in [-0.3, -0.25) is 9.59 Å². The molecule has 0 heterocycles. The summed E-state index contributed by atoms with van der Waals surface area (Å²) in [7, 11) is 1.55. The smallest absolute Gasteiger partial charge is 0.307 e. The summed E-state index contributed by atoms with van der Waals surface area (Å²) in [5, 5.41) is 9.27. The third kappa shape index (κ3) is 6.29. The van der Waals surface area contributed by atoms with Crippen molar-refractivity contribution < 1.29 is 24.2 Å². The van der Waals surface area contributed by atoms with Gasteiger partial charge in [-0.05, 0) is 44.9 Å². The van der Waals surface area contributed by atoms with Crippen LogP contribution in [0.5, 0.6) is 5.75 Å².